The van der Waals surface area contributed by atoms with Crippen LogP contribution in [0.3, 0.4) is 0 Å². The van der Waals surface area contributed by atoms with Gasteiger partial charge in [0.05, 0.1) is 0 Å². The second-order valence-corrected chi connectivity index (χ2v) is 4.51. The average Bonchev–Trinajstić information content (AvgIpc) is 1.93. The molecule has 66 valence electrons. The van der Waals surface area contributed by atoms with Crippen LogP contribution in [0, 0.1) is 0 Å². The third-order valence-electron chi connectivity index (χ3n) is 2.31. The Hall–Kier alpha value is 0.540. The summed E-state index contributed by atoms with van der Waals surface area (Å²) in [4.78, 5) is 2.14. The van der Waals surface area contributed by atoms with E-state index >= 15 is 0 Å². The second kappa shape index (κ2) is 4.54. The normalized spacial score (nSPS) is 27.8. The number of hydrogen-bond donors (Lipinski definition) is 0. The molecule has 0 spiro atoms. The molecule has 1 aliphatic heterocycles. The highest BCUT2D eigenvalue weighted by Crippen LogP contribution is 2.18. The number of piperidine rings is 1. The van der Waals surface area contributed by atoms with Gasteiger partial charge in [-0.2, -0.15) is 0 Å². The van der Waals surface area contributed by atoms with Crippen molar-refractivity contribution in [2.45, 2.75) is 37.1 Å². The molecule has 1 aliphatic rings. The van der Waals surface area contributed by atoms with Gasteiger partial charge in [-0.1, -0.05) is 6.42 Å². The highest BCUT2D eigenvalue weighted by molar-refractivity contribution is 6.44. The molecule has 0 aromatic carbocycles. The summed E-state index contributed by atoms with van der Waals surface area (Å²) in [6, 6.07) is 0.670. The fraction of sp³-hybridized carbons (Fsp3) is 1.00. The maximum Gasteiger partial charge on any atom is 0.120 e. The van der Waals surface area contributed by atoms with Crippen LogP contribution >= 0.6 is 23.2 Å². The summed E-state index contributed by atoms with van der Waals surface area (Å²) < 4.78 is 0. The largest absolute Gasteiger partial charge is 0.298 e. The van der Waals surface area contributed by atoms with Crippen molar-refractivity contribution in [2.24, 2.45) is 0 Å². The van der Waals surface area contributed by atoms with Gasteiger partial charge in [0, 0.05) is 12.6 Å². The van der Waals surface area contributed by atoms with Crippen LogP contribution in [-0.4, -0.2) is 28.9 Å². The summed E-state index contributed by atoms with van der Waals surface area (Å²) in [6.45, 7) is 4.23. The molecule has 0 aromatic heterocycles. The van der Waals surface area contributed by atoms with Crippen molar-refractivity contribution in [1.82, 2.24) is 4.90 Å². The van der Waals surface area contributed by atoms with E-state index < -0.39 is 0 Å². The zero-order valence-electron chi connectivity index (χ0n) is 6.89. The van der Waals surface area contributed by atoms with Gasteiger partial charge in [-0.25, -0.2) is 0 Å². The molecule has 1 saturated heterocycles. The van der Waals surface area contributed by atoms with Gasteiger partial charge in [0.25, 0.3) is 0 Å². The molecule has 11 heavy (non-hydrogen) atoms. The van der Waals surface area contributed by atoms with Gasteiger partial charge in [-0.3, -0.25) is 4.90 Å². The monoisotopic (exact) mass is 195 g/mol. The van der Waals surface area contributed by atoms with Crippen LogP contribution < -0.4 is 0 Å². The number of alkyl halides is 2. The Balaban J connectivity index is 2.29. The quantitative estimate of drug-likeness (QED) is 0.613. The molecular weight excluding hydrogens is 181 g/mol. The molecule has 0 bridgehead atoms. The van der Waals surface area contributed by atoms with E-state index in [-0.39, 0.29) is 4.84 Å². The Kier molecular flexibility index (Phi) is 3.97. The van der Waals surface area contributed by atoms with Crippen LogP contribution in [-0.2, 0) is 0 Å². The Morgan fingerprint density at radius 3 is 2.73 bits per heavy atom. The van der Waals surface area contributed by atoms with Crippen molar-refractivity contribution >= 4 is 23.2 Å². The molecule has 0 aliphatic carbocycles. The van der Waals surface area contributed by atoms with Crippen molar-refractivity contribution in [3.63, 3.8) is 0 Å². The number of halogens is 2. The first kappa shape index (κ1) is 9.63. The van der Waals surface area contributed by atoms with Gasteiger partial charge >= 0.3 is 0 Å². The lowest BCUT2D eigenvalue weighted by molar-refractivity contribution is 0.167. The van der Waals surface area contributed by atoms with Crippen molar-refractivity contribution in [3.8, 4) is 0 Å². The summed E-state index contributed by atoms with van der Waals surface area (Å²) in [6.07, 6.45) is 3.94. The highest BCUT2D eigenvalue weighted by atomic mass is 35.5. The SMILES string of the molecule is CC1CCCCN1CC(Cl)Cl. The average molecular weight is 196 g/mol. The molecule has 1 nitrogen and oxygen atoms in total. The Bertz CT molecular complexity index is 117. The molecule has 0 N–H and O–H groups in total. The van der Waals surface area contributed by atoms with Crippen LogP contribution in [0.2, 0.25) is 0 Å². The van der Waals surface area contributed by atoms with Gasteiger partial charge < -0.3 is 0 Å². The maximum atomic E-state index is 5.70. The zero-order chi connectivity index (χ0) is 8.27. The molecule has 3 heteroatoms. The van der Waals surface area contributed by atoms with E-state index in [1.165, 1.54) is 19.3 Å². The van der Waals surface area contributed by atoms with Crippen molar-refractivity contribution in [3.05, 3.63) is 0 Å². The molecule has 1 unspecified atom stereocenters. The molecule has 0 saturated carbocycles. The fourth-order valence-electron chi connectivity index (χ4n) is 1.61. The lowest BCUT2D eigenvalue weighted by atomic mass is 10.0. The van der Waals surface area contributed by atoms with Crippen LogP contribution in [0.5, 0.6) is 0 Å². The third-order valence-corrected chi connectivity index (χ3v) is 2.59. The minimum atomic E-state index is -0.226. The first-order valence-corrected chi connectivity index (χ1v) is 5.09. The molecule has 1 heterocycles. The van der Waals surface area contributed by atoms with Crippen molar-refractivity contribution in [1.29, 1.82) is 0 Å². The van der Waals surface area contributed by atoms with Crippen molar-refractivity contribution in [2.75, 3.05) is 13.1 Å². The van der Waals surface area contributed by atoms with E-state index in [0.717, 1.165) is 13.1 Å². The summed E-state index contributed by atoms with van der Waals surface area (Å²) in [5.41, 5.74) is 0. The first-order valence-electron chi connectivity index (χ1n) is 4.22. The lowest BCUT2D eigenvalue weighted by Crippen LogP contribution is -2.39. The number of nitrogens with zero attached hydrogens (tertiary/aromatic N) is 1. The molecule has 0 radical (unpaired) electrons. The lowest BCUT2D eigenvalue weighted by Gasteiger charge is -2.33. The minimum absolute atomic E-state index is 0.226. The van der Waals surface area contributed by atoms with Crippen LogP contribution in [0.4, 0.5) is 0 Å². The number of hydrogen-bond acceptors (Lipinski definition) is 1. The van der Waals surface area contributed by atoms with E-state index in [1.807, 2.05) is 0 Å². The first-order chi connectivity index (χ1) is 5.20. The maximum absolute atomic E-state index is 5.70. The van der Waals surface area contributed by atoms with E-state index in [9.17, 15) is 0 Å². The van der Waals surface area contributed by atoms with Gasteiger partial charge in [0.15, 0.2) is 0 Å². The topological polar surface area (TPSA) is 3.24 Å². The van der Waals surface area contributed by atoms with Gasteiger partial charge in [-0.15, -0.1) is 23.2 Å². The Labute approximate surface area is 78.7 Å². The van der Waals surface area contributed by atoms with Gasteiger partial charge in [0.1, 0.15) is 4.84 Å². The molecule has 1 fully saturated rings. The van der Waals surface area contributed by atoms with E-state index in [1.54, 1.807) is 0 Å². The summed E-state index contributed by atoms with van der Waals surface area (Å²) >= 11 is 11.4. The van der Waals surface area contributed by atoms with Crippen LogP contribution in [0.15, 0.2) is 0 Å². The predicted octanol–water partition coefficient (Wildman–Crippen LogP) is 2.66. The van der Waals surface area contributed by atoms with Gasteiger partial charge in [-0.05, 0) is 26.3 Å². The third kappa shape index (κ3) is 3.18. The Morgan fingerprint density at radius 2 is 2.18 bits per heavy atom. The van der Waals surface area contributed by atoms with E-state index in [4.69, 9.17) is 23.2 Å². The number of likely N-dealkylation sites (tertiary alicyclic amines) is 1. The second-order valence-electron chi connectivity index (χ2n) is 3.23. The summed E-state index contributed by atoms with van der Waals surface area (Å²) in [7, 11) is 0. The predicted molar refractivity (Wildman–Crippen MR) is 50.4 cm³/mol. The molecule has 0 amide bonds. The van der Waals surface area contributed by atoms with Crippen molar-refractivity contribution < 1.29 is 0 Å². The van der Waals surface area contributed by atoms with E-state index in [0.29, 0.717) is 6.04 Å². The Morgan fingerprint density at radius 1 is 1.45 bits per heavy atom. The smallest absolute Gasteiger partial charge is 0.120 e. The van der Waals surface area contributed by atoms with E-state index in [2.05, 4.69) is 11.8 Å². The standard InChI is InChI=1S/C8H15Cl2N/c1-7-4-2-3-5-11(7)6-8(9)10/h7-8H,2-6H2,1H3. The highest BCUT2D eigenvalue weighted by Gasteiger charge is 2.19. The van der Waals surface area contributed by atoms with Crippen LogP contribution in [0.1, 0.15) is 26.2 Å². The fourth-order valence-corrected chi connectivity index (χ4v) is 1.96. The zero-order valence-corrected chi connectivity index (χ0v) is 8.41. The summed E-state index contributed by atoms with van der Waals surface area (Å²) in [5, 5.41) is 0. The number of rotatable bonds is 2. The molecule has 1 atom stereocenters. The van der Waals surface area contributed by atoms with Crippen LogP contribution in [0.25, 0.3) is 0 Å². The molecule has 1 rings (SSSR count). The molecule has 0 aromatic rings. The van der Waals surface area contributed by atoms with Gasteiger partial charge in [0.2, 0.25) is 0 Å². The summed E-state index contributed by atoms with van der Waals surface area (Å²) in [5.74, 6) is 0. The molecular formula is C8H15Cl2N. The minimum Gasteiger partial charge on any atom is -0.298 e.